The zero-order chi connectivity index (χ0) is 22.8. The van der Waals surface area contributed by atoms with Crippen LogP contribution in [-0.2, 0) is 16.4 Å². The lowest BCUT2D eigenvalue weighted by molar-refractivity contribution is 0.0909. The van der Waals surface area contributed by atoms with Gasteiger partial charge in [0.25, 0.3) is 5.91 Å². The van der Waals surface area contributed by atoms with E-state index in [0.717, 1.165) is 43.3 Å². The quantitative estimate of drug-likeness (QED) is 0.678. The maximum atomic E-state index is 12.7. The first-order chi connectivity index (χ1) is 15.9. The smallest absolute Gasteiger partial charge is 0.251 e. The number of hydrogen-bond acceptors (Lipinski definition) is 7. The molecule has 0 aromatic heterocycles. The Hall–Kier alpha value is -2.36. The number of nitrogens with one attached hydrogen (secondary N) is 2. The van der Waals surface area contributed by atoms with Gasteiger partial charge >= 0.3 is 0 Å². The van der Waals surface area contributed by atoms with Crippen LogP contribution in [0.2, 0.25) is 0 Å². The number of piperidine rings is 1. The lowest BCUT2D eigenvalue weighted by atomic mass is 10.0. The molecule has 3 aliphatic heterocycles. The molecule has 2 aromatic rings. The molecule has 0 spiro atoms. The number of benzene rings is 2. The van der Waals surface area contributed by atoms with Gasteiger partial charge in [0.15, 0.2) is 15.0 Å². The van der Waals surface area contributed by atoms with Crippen LogP contribution < -0.4 is 10.6 Å². The third-order valence-corrected chi connectivity index (χ3v) is 9.53. The normalized spacial score (nSPS) is 24.8. The molecule has 0 aliphatic carbocycles. The Morgan fingerprint density at radius 1 is 1.03 bits per heavy atom. The number of amides is 1. The van der Waals surface area contributed by atoms with Gasteiger partial charge in [-0.3, -0.25) is 14.7 Å². The van der Waals surface area contributed by atoms with E-state index in [1.807, 2.05) is 30.3 Å². The summed E-state index contributed by atoms with van der Waals surface area (Å²) in [4.78, 5) is 19.7. The summed E-state index contributed by atoms with van der Waals surface area (Å²) >= 11 is 1.49. The van der Waals surface area contributed by atoms with Crippen LogP contribution in [-0.4, -0.2) is 66.3 Å². The summed E-state index contributed by atoms with van der Waals surface area (Å²) in [6.07, 6.45) is 1.90. The number of thioether (sulfide) groups is 1. The van der Waals surface area contributed by atoms with Crippen molar-refractivity contribution in [3.63, 3.8) is 0 Å². The number of nitrogens with zero attached hydrogens (tertiary/aromatic N) is 2. The van der Waals surface area contributed by atoms with E-state index in [4.69, 9.17) is 0 Å². The minimum absolute atomic E-state index is 0.0154. The van der Waals surface area contributed by atoms with Crippen LogP contribution in [0.5, 0.6) is 0 Å². The van der Waals surface area contributed by atoms with E-state index >= 15 is 0 Å². The zero-order valence-corrected chi connectivity index (χ0v) is 19.9. The highest BCUT2D eigenvalue weighted by Gasteiger charge is 2.42. The molecule has 2 saturated heterocycles. The van der Waals surface area contributed by atoms with Crippen LogP contribution in [0.3, 0.4) is 0 Å². The van der Waals surface area contributed by atoms with Gasteiger partial charge in [-0.15, -0.1) is 0 Å². The number of amidine groups is 1. The van der Waals surface area contributed by atoms with E-state index in [0.29, 0.717) is 5.56 Å². The van der Waals surface area contributed by atoms with Crippen molar-refractivity contribution in [1.29, 1.82) is 0 Å². The summed E-state index contributed by atoms with van der Waals surface area (Å²) in [7, 11) is -2.95. The van der Waals surface area contributed by atoms with Crippen molar-refractivity contribution in [2.75, 3.05) is 29.9 Å². The van der Waals surface area contributed by atoms with Gasteiger partial charge in [0.1, 0.15) is 0 Å². The first-order valence-corrected chi connectivity index (χ1v) is 14.0. The Bertz CT molecular complexity index is 1130. The summed E-state index contributed by atoms with van der Waals surface area (Å²) in [5.41, 5.74) is 2.80. The number of carbonyl (C=O) groups is 1. The van der Waals surface area contributed by atoms with Crippen LogP contribution in [0.15, 0.2) is 59.6 Å². The van der Waals surface area contributed by atoms with E-state index in [1.54, 1.807) is 0 Å². The molecule has 0 bridgehead atoms. The second-order valence-corrected chi connectivity index (χ2v) is 12.3. The number of hydrogen-bond donors (Lipinski definition) is 2. The van der Waals surface area contributed by atoms with Gasteiger partial charge in [-0.05, 0) is 42.7 Å². The van der Waals surface area contributed by atoms with E-state index in [-0.39, 0.29) is 34.7 Å². The monoisotopic (exact) mass is 484 g/mol. The van der Waals surface area contributed by atoms with Gasteiger partial charge < -0.3 is 10.6 Å². The zero-order valence-electron chi connectivity index (χ0n) is 18.3. The van der Waals surface area contributed by atoms with Gasteiger partial charge in [-0.25, -0.2) is 8.42 Å². The summed E-state index contributed by atoms with van der Waals surface area (Å²) in [5.74, 6) is 0.289. The minimum Gasteiger partial charge on any atom is -0.349 e. The SMILES string of the molecule is O=C(NC1CCN(Cc2ccccc2)CC1)c1ccc(NC2=N[C@@H]3CS(=O)(=O)C[C@H]3S2)cc1. The van der Waals surface area contributed by atoms with Crippen molar-refractivity contribution in [3.05, 3.63) is 65.7 Å². The van der Waals surface area contributed by atoms with Gasteiger partial charge in [0, 0.05) is 42.2 Å². The topological polar surface area (TPSA) is 90.9 Å². The van der Waals surface area contributed by atoms with E-state index in [2.05, 4.69) is 44.8 Å². The fourth-order valence-electron chi connectivity index (χ4n) is 4.59. The average molecular weight is 485 g/mol. The molecule has 2 aromatic carbocycles. The van der Waals surface area contributed by atoms with Gasteiger partial charge in [0.05, 0.1) is 17.5 Å². The highest BCUT2D eigenvalue weighted by atomic mass is 32.2. The van der Waals surface area contributed by atoms with Gasteiger partial charge in [0.2, 0.25) is 0 Å². The summed E-state index contributed by atoms with van der Waals surface area (Å²) in [6.45, 7) is 2.91. The van der Waals surface area contributed by atoms with Crippen LogP contribution in [0.25, 0.3) is 0 Å². The van der Waals surface area contributed by atoms with Crippen molar-refractivity contribution < 1.29 is 13.2 Å². The fourth-order valence-corrected chi connectivity index (χ4v) is 8.27. The summed E-state index contributed by atoms with van der Waals surface area (Å²) in [6, 6.07) is 17.9. The first-order valence-electron chi connectivity index (χ1n) is 11.3. The molecule has 9 heteroatoms. The lowest BCUT2D eigenvalue weighted by Crippen LogP contribution is -2.44. The lowest BCUT2D eigenvalue weighted by Gasteiger charge is -2.32. The van der Waals surface area contributed by atoms with E-state index < -0.39 is 9.84 Å². The number of rotatable bonds is 5. The Kier molecular flexibility index (Phi) is 6.44. The Balaban J connectivity index is 1.09. The van der Waals surface area contributed by atoms with Crippen LogP contribution in [0.1, 0.15) is 28.8 Å². The highest BCUT2D eigenvalue weighted by Crippen LogP contribution is 2.34. The second-order valence-electron chi connectivity index (χ2n) is 8.95. The van der Waals surface area contributed by atoms with E-state index in [1.165, 1.54) is 17.3 Å². The predicted octanol–water partition coefficient (Wildman–Crippen LogP) is 2.76. The van der Waals surface area contributed by atoms with Gasteiger partial charge in [-0.2, -0.15) is 0 Å². The van der Waals surface area contributed by atoms with Crippen molar-refractivity contribution in [2.45, 2.75) is 36.7 Å². The molecule has 0 radical (unpaired) electrons. The fraction of sp³-hybridized carbons (Fsp3) is 0.417. The van der Waals surface area contributed by atoms with E-state index in [9.17, 15) is 13.2 Å². The maximum Gasteiger partial charge on any atom is 0.251 e. The first kappa shape index (κ1) is 22.4. The summed E-state index contributed by atoms with van der Waals surface area (Å²) < 4.78 is 23.4. The number of likely N-dealkylation sites (tertiary alicyclic amines) is 1. The van der Waals surface area contributed by atoms with Crippen molar-refractivity contribution in [1.82, 2.24) is 10.2 Å². The largest absolute Gasteiger partial charge is 0.349 e. The Morgan fingerprint density at radius 3 is 2.45 bits per heavy atom. The molecule has 33 heavy (non-hydrogen) atoms. The third kappa shape index (κ3) is 5.59. The second kappa shape index (κ2) is 9.48. The molecule has 3 heterocycles. The molecule has 2 atom stereocenters. The van der Waals surface area contributed by atoms with Crippen molar-refractivity contribution in [3.8, 4) is 0 Å². The number of aliphatic imine (C=N–C) groups is 1. The number of carbonyl (C=O) groups excluding carboxylic acids is 1. The molecule has 3 aliphatic rings. The molecule has 7 nitrogen and oxygen atoms in total. The maximum absolute atomic E-state index is 12.7. The predicted molar refractivity (Wildman–Crippen MR) is 134 cm³/mol. The molecule has 5 rings (SSSR count). The Morgan fingerprint density at radius 2 is 1.76 bits per heavy atom. The number of fused-ring (bicyclic) bond motifs is 1. The minimum atomic E-state index is -2.95. The standard InChI is InChI=1S/C24H28N4O3S2/c29-23(25-20-10-12-28(13-11-20)14-17-4-2-1-3-5-17)18-6-8-19(9-7-18)26-24-27-21-15-33(30,31)16-22(21)32-24/h1-9,20-22H,10-16H2,(H,25,29)(H,26,27)/t21-,22-/m1/s1. The molecular weight excluding hydrogens is 456 g/mol. The molecule has 0 unspecified atom stereocenters. The van der Waals surface area contributed by atoms with Crippen molar-refractivity contribution in [2.24, 2.45) is 4.99 Å². The molecule has 0 saturated carbocycles. The molecule has 1 amide bonds. The van der Waals surface area contributed by atoms with Crippen molar-refractivity contribution >= 4 is 38.4 Å². The number of anilines is 1. The van der Waals surface area contributed by atoms with Crippen LogP contribution in [0, 0.1) is 0 Å². The third-order valence-electron chi connectivity index (χ3n) is 6.39. The van der Waals surface area contributed by atoms with Crippen LogP contribution in [0.4, 0.5) is 5.69 Å². The van der Waals surface area contributed by atoms with Crippen LogP contribution >= 0.6 is 11.8 Å². The number of sulfone groups is 1. The summed E-state index contributed by atoms with van der Waals surface area (Å²) in [5, 5.41) is 7.19. The molecule has 174 valence electrons. The Labute approximate surface area is 199 Å². The highest BCUT2D eigenvalue weighted by molar-refractivity contribution is 8.15. The molecule has 2 fully saturated rings. The molecule has 2 N–H and O–H groups in total. The van der Waals surface area contributed by atoms with Gasteiger partial charge in [-0.1, -0.05) is 42.1 Å². The molecular formula is C24H28N4O3S2. The average Bonchev–Trinajstić information content (AvgIpc) is 3.28.